The maximum Gasteiger partial charge on any atom is 0.0831 e. The first-order valence-corrected chi connectivity index (χ1v) is 6.55. The average Bonchev–Trinajstić information content (AvgIpc) is 2.73. The summed E-state index contributed by atoms with van der Waals surface area (Å²) >= 11 is 1.73. The number of allylic oxidation sites excluding steroid dienone is 1. The van der Waals surface area contributed by atoms with Crippen LogP contribution in [0.2, 0.25) is 0 Å². The highest BCUT2D eigenvalue weighted by atomic mass is 32.1. The molecule has 1 aliphatic rings. The van der Waals surface area contributed by atoms with Crippen LogP contribution in [0.4, 0.5) is 0 Å². The Morgan fingerprint density at radius 3 is 3.07 bits per heavy atom. The molecule has 82 valence electrons. The molecule has 0 spiro atoms. The molecule has 1 aliphatic carbocycles. The molecule has 0 amide bonds. The lowest BCUT2D eigenvalue weighted by molar-refractivity contribution is 0.0611. The zero-order valence-corrected chi connectivity index (χ0v) is 9.96. The summed E-state index contributed by atoms with van der Waals surface area (Å²) in [6.07, 6.45) is 8.02. The van der Waals surface area contributed by atoms with Crippen molar-refractivity contribution in [2.24, 2.45) is 5.92 Å². The van der Waals surface area contributed by atoms with Crippen molar-refractivity contribution in [1.29, 1.82) is 0 Å². The van der Waals surface area contributed by atoms with Crippen LogP contribution in [0.25, 0.3) is 0 Å². The number of hydrogen-bond donors (Lipinski definition) is 1. The minimum absolute atomic E-state index is 0.547. The lowest BCUT2D eigenvalue weighted by Gasteiger charge is -2.29. The minimum Gasteiger partial charge on any atom is -0.386 e. The van der Waals surface area contributed by atoms with Crippen molar-refractivity contribution >= 4 is 11.3 Å². The Labute approximate surface area is 95.5 Å². The molecule has 2 unspecified atom stereocenters. The SMILES string of the molecule is CC1C=CC(O)(CCc2ccsc2)CC1. The highest BCUT2D eigenvalue weighted by Crippen LogP contribution is 2.29. The van der Waals surface area contributed by atoms with Gasteiger partial charge in [0.1, 0.15) is 0 Å². The lowest BCUT2D eigenvalue weighted by atomic mass is 9.82. The van der Waals surface area contributed by atoms with E-state index in [4.69, 9.17) is 0 Å². The maximum absolute atomic E-state index is 10.3. The fourth-order valence-corrected chi connectivity index (χ4v) is 2.71. The molecule has 2 heteroatoms. The van der Waals surface area contributed by atoms with Gasteiger partial charge in [-0.05, 0) is 54.0 Å². The van der Waals surface area contributed by atoms with Crippen LogP contribution >= 0.6 is 11.3 Å². The largest absolute Gasteiger partial charge is 0.386 e. The van der Waals surface area contributed by atoms with Crippen LogP contribution < -0.4 is 0 Å². The first-order valence-electron chi connectivity index (χ1n) is 5.61. The van der Waals surface area contributed by atoms with Crippen molar-refractivity contribution in [2.45, 2.75) is 38.2 Å². The molecular formula is C13H18OS. The Morgan fingerprint density at radius 2 is 2.47 bits per heavy atom. The van der Waals surface area contributed by atoms with Crippen molar-refractivity contribution in [3.63, 3.8) is 0 Å². The van der Waals surface area contributed by atoms with Crippen molar-refractivity contribution < 1.29 is 5.11 Å². The Kier molecular flexibility index (Phi) is 3.27. The highest BCUT2D eigenvalue weighted by Gasteiger charge is 2.26. The monoisotopic (exact) mass is 222 g/mol. The van der Waals surface area contributed by atoms with E-state index in [0.29, 0.717) is 5.92 Å². The van der Waals surface area contributed by atoms with Crippen LogP contribution in [-0.4, -0.2) is 10.7 Å². The quantitative estimate of drug-likeness (QED) is 0.777. The van der Waals surface area contributed by atoms with E-state index in [1.165, 1.54) is 5.56 Å². The highest BCUT2D eigenvalue weighted by molar-refractivity contribution is 7.07. The Hall–Kier alpha value is -0.600. The van der Waals surface area contributed by atoms with Gasteiger partial charge in [0.2, 0.25) is 0 Å². The van der Waals surface area contributed by atoms with Crippen molar-refractivity contribution in [2.75, 3.05) is 0 Å². The molecule has 1 heterocycles. The van der Waals surface area contributed by atoms with E-state index in [1.54, 1.807) is 11.3 Å². The molecule has 1 nitrogen and oxygen atoms in total. The van der Waals surface area contributed by atoms with E-state index in [-0.39, 0.29) is 0 Å². The molecule has 2 rings (SSSR count). The number of thiophene rings is 1. The molecule has 0 saturated heterocycles. The molecule has 2 atom stereocenters. The van der Waals surface area contributed by atoms with Crippen LogP contribution in [0.3, 0.4) is 0 Å². The second-order valence-corrected chi connectivity index (χ2v) is 5.39. The lowest BCUT2D eigenvalue weighted by Crippen LogP contribution is -2.29. The third kappa shape index (κ3) is 2.93. The second-order valence-electron chi connectivity index (χ2n) is 4.61. The molecule has 0 bridgehead atoms. The third-order valence-electron chi connectivity index (χ3n) is 3.19. The zero-order valence-electron chi connectivity index (χ0n) is 9.15. The molecule has 0 aliphatic heterocycles. The molecular weight excluding hydrogens is 204 g/mol. The van der Waals surface area contributed by atoms with Crippen molar-refractivity contribution in [3.05, 3.63) is 34.5 Å². The van der Waals surface area contributed by atoms with Crippen molar-refractivity contribution in [3.8, 4) is 0 Å². The summed E-state index contributed by atoms with van der Waals surface area (Å²) in [5.41, 5.74) is 0.800. The fourth-order valence-electron chi connectivity index (χ4n) is 2.00. The summed E-state index contributed by atoms with van der Waals surface area (Å²) < 4.78 is 0. The van der Waals surface area contributed by atoms with Gasteiger partial charge < -0.3 is 5.11 Å². The van der Waals surface area contributed by atoms with Crippen molar-refractivity contribution in [1.82, 2.24) is 0 Å². The molecule has 1 N–H and O–H groups in total. The first-order chi connectivity index (χ1) is 7.18. The minimum atomic E-state index is -0.547. The summed E-state index contributed by atoms with van der Waals surface area (Å²) in [6.45, 7) is 2.20. The van der Waals surface area contributed by atoms with Gasteiger partial charge in [-0.25, -0.2) is 0 Å². The van der Waals surface area contributed by atoms with Crippen LogP contribution in [0.1, 0.15) is 31.7 Å². The van der Waals surface area contributed by atoms with Gasteiger partial charge in [0, 0.05) is 0 Å². The van der Waals surface area contributed by atoms with Crippen LogP contribution in [0.15, 0.2) is 29.0 Å². The molecule has 1 aromatic heterocycles. The Morgan fingerprint density at radius 1 is 1.60 bits per heavy atom. The van der Waals surface area contributed by atoms with E-state index < -0.39 is 5.60 Å². The van der Waals surface area contributed by atoms with Gasteiger partial charge in [-0.2, -0.15) is 11.3 Å². The Bertz CT molecular complexity index is 328. The van der Waals surface area contributed by atoms with Gasteiger partial charge >= 0.3 is 0 Å². The van der Waals surface area contributed by atoms with Gasteiger partial charge in [0.25, 0.3) is 0 Å². The van der Waals surface area contributed by atoms with Gasteiger partial charge in [-0.1, -0.05) is 19.1 Å². The standard InChI is InChI=1S/C13H18OS/c1-11-2-6-13(14,7-3-11)8-4-12-5-9-15-10-12/h2,5-6,9-11,14H,3-4,7-8H2,1H3. The molecule has 0 saturated carbocycles. The van der Waals surface area contributed by atoms with Gasteiger partial charge in [0.05, 0.1) is 5.60 Å². The van der Waals surface area contributed by atoms with Crippen LogP contribution in [-0.2, 0) is 6.42 Å². The molecule has 0 radical (unpaired) electrons. The number of rotatable bonds is 3. The number of aryl methyl sites for hydroxylation is 1. The second kappa shape index (κ2) is 4.50. The third-order valence-corrected chi connectivity index (χ3v) is 3.93. The summed E-state index contributed by atoms with van der Waals surface area (Å²) in [6, 6.07) is 2.14. The average molecular weight is 222 g/mol. The topological polar surface area (TPSA) is 20.2 Å². The molecule has 1 aromatic rings. The van der Waals surface area contributed by atoms with Crippen LogP contribution in [0, 0.1) is 5.92 Å². The summed E-state index contributed by atoms with van der Waals surface area (Å²) in [5, 5.41) is 14.6. The van der Waals surface area contributed by atoms with Gasteiger partial charge in [-0.15, -0.1) is 0 Å². The molecule has 0 fully saturated rings. The number of hydrogen-bond acceptors (Lipinski definition) is 2. The predicted molar refractivity (Wildman–Crippen MR) is 65.1 cm³/mol. The Balaban J connectivity index is 1.91. The smallest absolute Gasteiger partial charge is 0.0831 e. The molecule has 15 heavy (non-hydrogen) atoms. The van der Waals surface area contributed by atoms with Gasteiger partial charge in [-0.3, -0.25) is 0 Å². The predicted octanol–water partition coefficient (Wildman–Crippen LogP) is 3.40. The summed E-state index contributed by atoms with van der Waals surface area (Å²) in [5.74, 6) is 0.631. The fraction of sp³-hybridized carbons (Fsp3) is 0.538. The van der Waals surface area contributed by atoms with E-state index in [9.17, 15) is 5.11 Å². The van der Waals surface area contributed by atoms with E-state index >= 15 is 0 Å². The van der Waals surface area contributed by atoms with E-state index in [1.807, 2.05) is 6.08 Å². The first kappa shape index (κ1) is 10.9. The van der Waals surface area contributed by atoms with E-state index in [0.717, 1.165) is 25.7 Å². The summed E-state index contributed by atoms with van der Waals surface area (Å²) in [7, 11) is 0. The van der Waals surface area contributed by atoms with Crippen LogP contribution in [0.5, 0.6) is 0 Å². The maximum atomic E-state index is 10.3. The zero-order chi connectivity index (χ0) is 10.7. The van der Waals surface area contributed by atoms with Gasteiger partial charge in [0.15, 0.2) is 0 Å². The number of aliphatic hydroxyl groups is 1. The normalized spacial score (nSPS) is 30.7. The van der Waals surface area contributed by atoms with E-state index in [2.05, 4.69) is 29.8 Å². The molecule has 0 aromatic carbocycles. The summed E-state index contributed by atoms with van der Waals surface area (Å²) in [4.78, 5) is 0.